The van der Waals surface area contributed by atoms with E-state index in [4.69, 9.17) is 13.8 Å². The molecule has 1 aromatic carbocycles. The summed E-state index contributed by atoms with van der Waals surface area (Å²) in [6.45, 7) is 3.14. The lowest BCUT2D eigenvalue weighted by atomic mass is 10.1. The molecular weight excluding hydrogens is 489 g/mol. The average molecular weight is 514 g/mol. The number of allylic oxidation sites excluding steroid dienone is 1. The maximum Gasteiger partial charge on any atom is 0.459 e. The van der Waals surface area contributed by atoms with E-state index in [9.17, 15) is 28.0 Å². The van der Waals surface area contributed by atoms with Gasteiger partial charge in [-0.3, -0.25) is 14.2 Å². The molecule has 0 spiro atoms. The monoisotopic (exact) mass is 514 g/mol. The van der Waals surface area contributed by atoms with Gasteiger partial charge in [0, 0.05) is 25.5 Å². The van der Waals surface area contributed by atoms with Gasteiger partial charge < -0.3 is 24.6 Å². The Bertz CT molecular complexity index is 1070. The van der Waals surface area contributed by atoms with Crippen molar-refractivity contribution in [3.05, 3.63) is 54.9 Å². The average Bonchev–Trinajstić information content (AvgIpc) is 3.23. The molecule has 11 nitrogen and oxygen atoms in total. The smallest absolute Gasteiger partial charge is 0.413 e. The fourth-order valence-corrected chi connectivity index (χ4v) is 5.33. The summed E-state index contributed by atoms with van der Waals surface area (Å²) in [5, 5.41) is 15.1. The Morgan fingerprint density at radius 2 is 2.06 bits per heavy atom. The van der Waals surface area contributed by atoms with Crippen molar-refractivity contribution in [1.29, 1.82) is 0 Å². The zero-order valence-corrected chi connectivity index (χ0v) is 19.6. The number of ether oxygens (including phenoxy) is 1. The number of aliphatic hydroxyl groups excluding tert-OH is 1. The van der Waals surface area contributed by atoms with Gasteiger partial charge in [0.25, 0.3) is 0 Å². The van der Waals surface area contributed by atoms with Crippen LogP contribution in [-0.2, 0) is 18.6 Å². The van der Waals surface area contributed by atoms with E-state index in [2.05, 4.69) is 17.0 Å². The first-order valence-corrected chi connectivity index (χ1v) is 12.2. The minimum atomic E-state index is -4.30. The van der Waals surface area contributed by atoms with Crippen LogP contribution in [0.15, 0.2) is 54.9 Å². The summed E-state index contributed by atoms with van der Waals surface area (Å²) in [5.41, 5.74) is 0.199. The van der Waals surface area contributed by atoms with Crippen molar-refractivity contribution in [2.75, 3.05) is 20.2 Å². The summed E-state index contributed by atoms with van der Waals surface area (Å²) in [7, 11) is -2.72. The lowest BCUT2D eigenvalue weighted by Gasteiger charge is -2.31. The summed E-state index contributed by atoms with van der Waals surface area (Å²) < 4.78 is 59.3. The molecule has 0 aromatic heterocycles. The molecule has 14 heteroatoms. The summed E-state index contributed by atoms with van der Waals surface area (Å²) in [5.74, 6) is -4.07. The molecule has 35 heavy (non-hydrogen) atoms. The minimum absolute atomic E-state index is 0.147. The second-order valence-corrected chi connectivity index (χ2v) is 9.95. The second kappa shape index (κ2) is 9.67. The number of benzene rings is 1. The third kappa shape index (κ3) is 5.24. The number of likely N-dealkylation sites (tertiary alicyclic amines) is 1. The van der Waals surface area contributed by atoms with Crippen LogP contribution in [0.25, 0.3) is 0 Å². The van der Waals surface area contributed by atoms with Crippen molar-refractivity contribution >= 4 is 19.7 Å². The number of para-hydroxylation sites is 1. The van der Waals surface area contributed by atoms with Gasteiger partial charge in [-0.2, -0.15) is 13.9 Å². The van der Waals surface area contributed by atoms with Gasteiger partial charge in [0.2, 0.25) is 12.1 Å². The van der Waals surface area contributed by atoms with E-state index in [-0.39, 0.29) is 17.4 Å². The summed E-state index contributed by atoms with van der Waals surface area (Å²) in [6, 6.07) is 6.14. The number of aliphatic hydroxyl groups is 1. The van der Waals surface area contributed by atoms with E-state index in [0.29, 0.717) is 17.9 Å². The van der Waals surface area contributed by atoms with Crippen LogP contribution in [0.1, 0.15) is 6.42 Å². The quantitative estimate of drug-likeness (QED) is 0.448. The van der Waals surface area contributed by atoms with Crippen molar-refractivity contribution in [2.45, 2.75) is 36.8 Å². The Hall–Kier alpha value is -2.83. The Labute approximate surface area is 199 Å². The summed E-state index contributed by atoms with van der Waals surface area (Å²) in [6.07, 6.45) is -3.53. The normalized spacial score (nSPS) is 29.9. The van der Waals surface area contributed by atoms with Crippen molar-refractivity contribution in [3.63, 3.8) is 0 Å². The maximum atomic E-state index is 14.8. The first-order valence-electron chi connectivity index (χ1n) is 10.7. The van der Waals surface area contributed by atoms with Crippen LogP contribution in [-0.4, -0.2) is 77.4 Å². The highest BCUT2D eigenvalue weighted by atomic mass is 31.2. The fraction of sp³-hybridized carbons (Fsp3) is 0.429. The van der Waals surface area contributed by atoms with Gasteiger partial charge in [0.05, 0.1) is 12.6 Å². The number of alkyl halides is 2. The highest BCUT2D eigenvalue weighted by molar-refractivity contribution is 7.52. The molecular formula is C21H25F2N4O7P. The third-order valence-electron chi connectivity index (χ3n) is 5.69. The molecule has 2 fully saturated rings. The molecule has 0 bridgehead atoms. The van der Waals surface area contributed by atoms with Gasteiger partial charge in [0.1, 0.15) is 11.9 Å². The molecule has 3 N–H and O–H groups in total. The van der Waals surface area contributed by atoms with Crippen molar-refractivity contribution < 1.29 is 41.8 Å². The lowest BCUT2D eigenvalue weighted by Crippen LogP contribution is -2.53. The van der Waals surface area contributed by atoms with Crippen LogP contribution < -0.4 is 14.9 Å². The Balaban J connectivity index is 1.50. The lowest BCUT2D eigenvalue weighted by molar-refractivity contribution is -0.145. The molecule has 4 rings (SSSR count). The highest BCUT2D eigenvalue weighted by Gasteiger charge is 2.62. The molecule has 3 aliphatic heterocycles. The number of carbonyl (C=O) groups excluding carboxylic acids is 2. The van der Waals surface area contributed by atoms with Crippen LogP contribution in [0.4, 0.5) is 13.6 Å². The molecule has 5 atom stereocenters. The van der Waals surface area contributed by atoms with E-state index in [0.717, 1.165) is 6.20 Å². The molecule has 1 aromatic rings. The Kier molecular flexibility index (Phi) is 6.98. The molecule has 0 radical (unpaired) electrons. The number of hydrogen-bond donors (Lipinski definition) is 3. The van der Waals surface area contributed by atoms with Gasteiger partial charge in [-0.1, -0.05) is 24.8 Å². The number of likely N-dealkylation sites (N-methyl/N-ethyl adjacent to an activating group) is 1. The fourth-order valence-electron chi connectivity index (χ4n) is 3.79. The standard InChI is InChI=1S/C21H25F2N4O7P/c1-13-8-11-27(20(30)24-13)19-21(22,23)17(28)16(33-19)12-32-35(31,34-14-6-4-3-5-7-14)25-15-9-10-26(2)18(15)29/h3-8,11,15-17,19,28H,1,9-10,12H2,2H3,(H,24,30)(H,25,31)/t15?,16-,17-,19-,35?/m1/s1. The Morgan fingerprint density at radius 3 is 2.69 bits per heavy atom. The molecule has 3 aliphatic rings. The maximum absolute atomic E-state index is 14.8. The van der Waals surface area contributed by atoms with E-state index < -0.39 is 50.8 Å². The Morgan fingerprint density at radius 1 is 1.34 bits per heavy atom. The van der Waals surface area contributed by atoms with Crippen LogP contribution in [0, 0.1) is 0 Å². The number of amides is 3. The number of nitrogens with one attached hydrogen (secondary N) is 2. The largest absolute Gasteiger partial charge is 0.459 e. The van der Waals surface area contributed by atoms with Gasteiger partial charge >= 0.3 is 19.7 Å². The highest BCUT2D eigenvalue weighted by Crippen LogP contribution is 2.47. The van der Waals surface area contributed by atoms with E-state index >= 15 is 0 Å². The zero-order chi connectivity index (χ0) is 25.4. The van der Waals surface area contributed by atoms with Crippen LogP contribution in [0.2, 0.25) is 0 Å². The van der Waals surface area contributed by atoms with E-state index in [1.165, 1.54) is 23.1 Å². The zero-order valence-electron chi connectivity index (χ0n) is 18.7. The predicted molar refractivity (Wildman–Crippen MR) is 118 cm³/mol. The van der Waals surface area contributed by atoms with Gasteiger partial charge in [-0.05, 0) is 24.6 Å². The SMILES string of the molecule is C=C1C=CN([C@@H]2O[C@H](COP(=O)(NC3CCN(C)C3=O)Oc3ccccc3)[C@@H](O)C2(F)F)C(=O)N1. The van der Waals surface area contributed by atoms with Gasteiger partial charge in [0.15, 0.2) is 6.10 Å². The van der Waals surface area contributed by atoms with Crippen molar-refractivity contribution in [2.24, 2.45) is 0 Å². The molecule has 2 unspecified atom stereocenters. The summed E-state index contributed by atoms with van der Waals surface area (Å²) in [4.78, 5) is 26.5. The number of carbonyl (C=O) groups is 2. The number of halogens is 2. The van der Waals surface area contributed by atoms with Gasteiger partial charge in [-0.25, -0.2) is 9.36 Å². The second-order valence-electron chi connectivity index (χ2n) is 8.25. The number of rotatable bonds is 8. The molecule has 2 saturated heterocycles. The van der Waals surface area contributed by atoms with Gasteiger partial charge in [-0.15, -0.1) is 0 Å². The molecule has 0 saturated carbocycles. The third-order valence-corrected chi connectivity index (χ3v) is 7.26. The molecule has 0 aliphatic carbocycles. The van der Waals surface area contributed by atoms with E-state index in [1.54, 1.807) is 25.2 Å². The first-order chi connectivity index (χ1) is 16.5. The van der Waals surface area contributed by atoms with Crippen LogP contribution >= 0.6 is 7.75 Å². The van der Waals surface area contributed by atoms with Crippen LogP contribution in [0.5, 0.6) is 5.75 Å². The topological polar surface area (TPSA) is 130 Å². The molecule has 190 valence electrons. The minimum Gasteiger partial charge on any atom is -0.413 e. The predicted octanol–water partition coefficient (Wildman–Crippen LogP) is 1.78. The first kappa shape index (κ1) is 25.3. The number of nitrogens with zero attached hydrogens (tertiary/aromatic N) is 2. The molecule has 3 amide bonds. The van der Waals surface area contributed by atoms with Crippen molar-refractivity contribution in [3.8, 4) is 5.75 Å². The van der Waals surface area contributed by atoms with E-state index in [1.807, 2.05) is 0 Å². The molecule has 3 heterocycles. The van der Waals surface area contributed by atoms with Crippen LogP contribution in [0.3, 0.4) is 0 Å². The number of urea groups is 1. The summed E-state index contributed by atoms with van der Waals surface area (Å²) >= 11 is 0. The number of hydrogen-bond acceptors (Lipinski definition) is 7. The van der Waals surface area contributed by atoms with Crippen molar-refractivity contribution in [1.82, 2.24) is 20.2 Å².